The highest BCUT2D eigenvalue weighted by Crippen LogP contribution is 2.14. The van der Waals surface area contributed by atoms with Gasteiger partial charge in [-0.2, -0.15) is 4.98 Å². The first-order valence-corrected chi connectivity index (χ1v) is 6.17. The Hall–Kier alpha value is -2.34. The SMILES string of the molecule is CCOC(=O)c1coc(NC(=O)c2cccc(Cl)c2)n1. The number of nitrogens with zero attached hydrogens (tertiary/aromatic N) is 1. The van der Waals surface area contributed by atoms with E-state index in [1.807, 2.05) is 0 Å². The Morgan fingerprint density at radius 2 is 2.25 bits per heavy atom. The van der Waals surface area contributed by atoms with Crippen molar-refractivity contribution in [2.75, 3.05) is 11.9 Å². The van der Waals surface area contributed by atoms with Gasteiger partial charge in [-0.15, -0.1) is 0 Å². The molecule has 7 heteroatoms. The summed E-state index contributed by atoms with van der Waals surface area (Å²) in [6.07, 6.45) is 1.12. The predicted octanol–water partition coefficient (Wildman–Crippen LogP) is 2.76. The van der Waals surface area contributed by atoms with Gasteiger partial charge in [0.1, 0.15) is 6.26 Å². The number of oxazole rings is 1. The van der Waals surface area contributed by atoms with Crippen LogP contribution in [0.25, 0.3) is 0 Å². The Labute approximate surface area is 119 Å². The average molecular weight is 295 g/mol. The summed E-state index contributed by atoms with van der Waals surface area (Å²) < 4.78 is 9.73. The zero-order chi connectivity index (χ0) is 14.5. The van der Waals surface area contributed by atoms with Crippen molar-refractivity contribution in [3.8, 4) is 0 Å². The zero-order valence-electron chi connectivity index (χ0n) is 10.6. The highest BCUT2D eigenvalue weighted by Gasteiger charge is 2.15. The molecule has 1 aromatic carbocycles. The van der Waals surface area contributed by atoms with Crippen LogP contribution >= 0.6 is 11.6 Å². The molecular weight excluding hydrogens is 284 g/mol. The minimum absolute atomic E-state index is 0.00626. The molecule has 0 unspecified atom stereocenters. The molecule has 0 saturated carbocycles. The molecule has 0 spiro atoms. The number of amides is 1. The molecule has 0 aliphatic carbocycles. The van der Waals surface area contributed by atoms with Crippen molar-refractivity contribution < 1.29 is 18.7 Å². The number of rotatable bonds is 4. The van der Waals surface area contributed by atoms with Crippen LogP contribution in [0.5, 0.6) is 0 Å². The fraction of sp³-hybridized carbons (Fsp3) is 0.154. The van der Waals surface area contributed by atoms with Gasteiger partial charge in [-0.05, 0) is 25.1 Å². The number of halogens is 1. The summed E-state index contributed by atoms with van der Waals surface area (Å²) in [5.74, 6) is -1.05. The molecule has 0 aliphatic rings. The molecule has 0 aliphatic heterocycles. The summed E-state index contributed by atoms with van der Waals surface area (Å²) >= 11 is 5.79. The van der Waals surface area contributed by atoms with Gasteiger partial charge in [-0.25, -0.2) is 4.79 Å². The van der Waals surface area contributed by atoms with E-state index in [4.69, 9.17) is 20.8 Å². The largest absolute Gasteiger partial charge is 0.461 e. The first-order valence-electron chi connectivity index (χ1n) is 5.79. The molecule has 0 fully saturated rings. The Morgan fingerprint density at radius 3 is 2.95 bits per heavy atom. The highest BCUT2D eigenvalue weighted by atomic mass is 35.5. The lowest BCUT2D eigenvalue weighted by molar-refractivity contribution is 0.0519. The van der Waals surface area contributed by atoms with Gasteiger partial charge in [0.2, 0.25) is 0 Å². The fourth-order valence-corrected chi connectivity index (χ4v) is 1.62. The Balaban J connectivity index is 2.07. The topological polar surface area (TPSA) is 81.4 Å². The van der Waals surface area contributed by atoms with Crippen LogP contribution in [0.1, 0.15) is 27.8 Å². The second-order valence-electron chi connectivity index (χ2n) is 3.72. The van der Waals surface area contributed by atoms with E-state index in [-0.39, 0.29) is 18.3 Å². The number of benzene rings is 1. The van der Waals surface area contributed by atoms with E-state index < -0.39 is 11.9 Å². The molecule has 104 valence electrons. The van der Waals surface area contributed by atoms with Crippen LogP contribution in [0, 0.1) is 0 Å². The van der Waals surface area contributed by atoms with E-state index in [1.54, 1.807) is 25.1 Å². The lowest BCUT2D eigenvalue weighted by Gasteiger charge is -2.00. The molecule has 0 bridgehead atoms. The molecule has 20 heavy (non-hydrogen) atoms. The van der Waals surface area contributed by atoms with E-state index >= 15 is 0 Å². The first-order chi connectivity index (χ1) is 9.60. The van der Waals surface area contributed by atoms with Crippen molar-refractivity contribution in [2.24, 2.45) is 0 Å². The summed E-state index contributed by atoms with van der Waals surface area (Å²) in [6.45, 7) is 1.91. The van der Waals surface area contributed by atoms with Crippen molar-refractivity contribution >= 4 is 29.5 Å². The highest BCUT2D eigenvalue weighted by molar-refractivity contribution is 6.31. The molecule has 0 saturated heterocycles. The maximum Gasteiger partial charge on any atom is 0.360 e. The second-order valence-corrected chi connectivity index (χ2v) is 4.16. The van der Waals surface area contributed by atoms with Gasteiger partial charge in [-0.1, -0.05) is 17.7 Å². The number of aromatic nitrogens is 1. The quantitative estimate of drug-likeness (QED) is 0.877. The summed E-state index contributed by atoms with van der Waals surface area (Å²) in [6, 6.07) is 6.32. The van der Waals surface area contributed by atoms with Gasteiger partial charge >= 0.3 is 12.0 Å². The standard InChI is InChI=1S/C13H11ClN2O4/c1-2-19-12(18)10-7-20-13(15-10)16-11(17)8-4-3-5-9(14)6-8/h3-7H,2H2,1H3,(H,15,16,17). The molecule has 2 rings (SSSR count). The fourth-order valence-electron chi connectivity index (χ4n) is 1.43. The third-order valence-electron chi connectivity index (χ3n) is 2.30. The maximum atomic E-state index is 11.9. The number of nitrogens with one attached hydrogen (secondary N) is 1. The zero-order valence-corrected chi connectivity index (χ0v) is 11.3. The molecule has 1 N–H and O–H groups in total. The van der Waals surface area contributed by atoms with Crippen molar-refractivity contribution in [2.45, 2.75) is 6.92 Å². The van der Waals surface area contributed by atoms with E-state index in [0.717, 1.165) is 6.26 Å². The van der Waals surface area contributed by atoms with Gasteiger partial charge in [-0.3, -0.25) is 10.1 Å². The van der Waals surface area contributed by atoms with Gasteiger partial charge < -0.3 is 9.15 Å². The number of anilines is 1. The number of carbonyl (C=O) groups excluding carboxylic acids is 2. The van der Waals surface area contributed by atoms with E-state index in [9.17, 15) is 9.59 Å². The maximum absolute atomic E-state index is 11.9. The summed E-state index contributed by atoms with van der Waals surface area (Å²) in [7, 11) is 0. The normalized spacial score (nSPS) is 10.1. The molecule has 0 atom stereocenters. The predicted molar refractivity (Wildman–Crippen MR) is 71.9 cm³/mol. The van der Waals surface area contributed by atoms with Gasteiger partial charge in [0.25, 0.3) is 5.91 Å². The van der Waals surface area contributed by atoms with E-state index in [1.165, 1.54) is 6.07 Å². The van der Waals surface area contributed by atoms with Gasteiger partial charge in [0.15, 0.2) is 5.69 Å². The van der Waals surface area contributed by atoms with Crippen molar-refractivity contribution in [3.63, 3.8) is 0 Å². The monoisotopic (exact) mass is 294 g/mol. The Kier molecular flexibility index (Phi) is 4.37. The third kappa shape index (κ3) is 3.36. The number of hydrogen-bond acceptors (Lipinski definition) is 5. The van der Waals surface area contributed by atoms with Crippen molar-refractivity contribution in [1.82, 2.24) is 4.98 Å². The van der Waals surface area contributed by atoms with Crippen LogP contribution < -0.4 is 5.32 Å². The number of hydrogen-bond donors (Lipinski definition) is 1. The summed E-state index contributed by atoms with van der Waals surface area (Å²) in [5.41, 5.74) is 0.349. The van der Waals surface area contributed by atoms with Crippen LogP contribution in [0.3, 0.4) is 0 Å². The van der Waals surface area contributed by atoms with Gasteiger partial charge in [0.05, 0.1) is 6.61 Å². The van der Waals surface area contributed by atoms with Crippen LogP contribution in [-0.2, 0) is 4.74 Å². The minimum atomic E-state index is -0.612. The van der Waals surface area contributed by atoms with Crippen LogP contribution in [0.2, 0.25) is 5.02 Å². The Bertz CT molecular complexity index is 639. The minimum Gasteiger partial charge on any atom is -0.461 e. The molecule has 2 aromatic rings. The second kappa shape index (κ2) is 6.21. The van der Waals surface area contributed by atoms with E-state index in [2.05, 4.69) is 10.3 Å². The van der Waals surface area contributed by atoms with Gasteiger partial charge in [0, 0.05) is 10.6 Å². The molecule has 1 amide bonds. The van der Waals surface area contributed by atoms with Crippen molar-refractivity contribution in [3.05, 3.63) is 46.8 Å². The van der Waals surface area contributed by atoms with Crippen molar-refractivity contribution in [1.29, 1.82) is 0 Å². The number of ether oxygens (including phenoxy) is 1. The summed E-state index contributed by atoms with van der Waals surface area (Å²) in [4.78, 5) is 27.1. The average Bonchev–Trinajstić information content (AvgIpc) is 2.87. The molecule has 1 heterocycles. The van der Waals surface area contributed by atoms with Crippen LogP contribution in [0.15, 0.2) is 34.9 Å². The number of esters is 1. The smallest absolute Gasteiger partial charge is 0.360 e. The third-order valence-corrected chi connectivity index (χ3v) is 2.53. The lowest BCUT2D eigenvalue weighted by Crippen LogP contribution is -2.12. The Morgan fingerprint density at radius 1 is 1.45 bits per heavy atom. The van der Waals surface area contributed by atoms with Crippen LogP contribution in [0.4, 0.5) is 6.01 Å². The molecule has 6 nitrogen and oxygen atoms in total. The molecular formula is C13H11ClN2O4. The molecule has 0 radical (unpaired) electrons. The lowest BCUT2D eigenvalue weighted by atomic mass is 10.2. The summed E-state index contributed by atoms with van der Waals surface area (Å²) in [5, 5.41) is 2.86. The number of carbonyl (C=O) groups is 2. The van der Waals surface area contributed by atoms with E-state index in [0.29, 0.717) is 10.6 Å². The molecule has 1 aromatic heterocycles. The first kappa shape index (κ1) is 14.1. The van der Waals surface area contributed by atoms with Crippen LogP contribution in [-0.4, -0.2) is 23.5 Å².